The second-order valence-corrected chi connectivity index (χ2v) is 9.20. The molecule has 2 heterocycles. The van der Waals surface area contributed by atoms with E-state index < -0.39 is 10.0 Å². The van der Waals surface area contributed by atoms with E-state index in [9.17, 15) is 8.42 Å². The maximum Gasteiger partial charge on any atom is 0.242 e. The molecule has 1 saturated heterocycles. The Labute approximate surface area is 144 Å². The first kappa shape index (κ1) is 18.5. The first-order valence-electron chi connectivity index (χ1n) is 8.25. The Bertz CT molecular complexity index is 600. The van der Waals surface area contributed by atoms with Crippen LogP contribution in [0.3, 0.4) is 0 Å². The van der Waals surface area contributed by atoms with E-state index in [2.05, 4.69) is 28.5 Å². The van der Waals surface area contributed by atoms with E-state index >= 15 is 0 Å². The first-order chi connectivity index (χ1) is 10.9. The number of anilines is 1. The molecule has 1 N–H and O–H groups in total. The Kier molecular flexibility index (Phi) is 6.33. The van der Waals surface area contributed by atoms with Gasteiger partial charge in [0.05, 0.1) is 0 Å². The molecular weight excluding hydrogens is 330 g/mol. The minimum absolute atomic E-state index is 0.0281. The van der Waals surface area contributed by atoms with E-state index in [0.29, 0.717) is 11.3 Å². The van der Waals surface area contributed by atoms with E-state index in [1.807, 2.05) is 31.7 Å². The minimum atomic E-state index is -3.49. The fraction of sp³-hybridized carbons (Fsp3) is 0.688. The van der Waals surface area contributed by atoms with Crippen molar-refractivity contribution in [3.8, 4) is 0 Å². The number of aromatic nitrogens is 1. The molecule has 23 heavy (non-hydrogen) atoms. The van der Waals surface area contributed by atoms with E-state index in [4.69, 9.17) is 0 Å². The van der Waals surface area contributed by atoms with Crippen molar-refractivity contribution in [1.82, 2.24) is 9.71 Å². The third kappa shape index (κ3) is 4.39. The molecule has 1 aliphatic rings. The van der Waals surface area contributed by atoms with Crippen LogP contribution >= 0.6 is 11.8 Å². The van der Waals surface area contributed by atoms with Crippen LogP contribution in [-0.4, -0.2) is 43.0 Å². The summed E-state index contributed by atoms with van der Waals surface area (Å²) < 4.78 is 27.5. The predicted molar refractivity (Wildman–Crippen MR) is 97.7 cm³/mol. The molecule has 0 saturated carbocycles. The highest BCUT2D eigenvalue weighted by Crippen LogP contribution is 2.28. The number of hydrogen-bond donors (Lipinski definition) is 1. The molecule has 0 amide bonds. The maximum atomic E-state index is 12.4. The van der Waals surface area contributed by atoms with Gasteiger partial charge in [0.1, 0.15) is 10.7 Å². The molecule has 7 heteroatoms. The van der Waals surface area contributed by atoms with Gasteiger partial charge < -0.3 is 4.90 Å². The highest BCUT2D eigenvalue weighted by atomic mass is 32.2. The van der Waals surface area contributed by atoms with Crippen LogP contribution in [-0.2, 0) is 10.0 Å². The van der Waals surface area contributed by atoms with Gasteiger partial charge in [0.2, 0.25) is 10.0 Å². The molecule has 2 atom stereocenters. The van der Waals surface area contributed by atoms with E-state index in [0.717, 1.165) is 31.0 Å². The molecule has 0 aliphatic carbocycles. The third-order valence-electron chi connectivity index (χ3n) is 4.52. The minimum Gasteiger partial charge on any atom is -0.352 e. The predicted octanol–water partition coefficient (Wildman–Crippen LogP) is 2.88. The quantitative estimate of drug-likeness (QED) is 0.848. The van der Waals surface area contributed by atoms with Crippen LogP contribution in [0.5, 0.6) is 0 Å². The summed E-state index contributed by atoms with van der Waals surface area (Å²) in [5.41, 5.74) is 0. The normalized spacial score (nSPS) is 22.6. The molecule has 1 fully saturated rings. The monoisotopic (exact) mass is 357 g/mol. The van der Waals surface area contributed by atoms with Crippen molar-refractivity contribution in [2.75, 3.05) is 17.2 Å². The van der Waals surface area contributed by atoms with Crippen LogP contribution in [0.1, 0.15) is 40.5 Å². The van der Waals surface area contributed by atoms with Gasteiger partial charge >= 0.3 is 0 Å². The molecule has 1 aromatic rings. The van der Waals surface area contributed by atoms with Crippen LogP contribution in [0.2, 0.25) is 0 Å². The number of rotatable bonds is 6. The number of sulfonamides is 1. The zero-order chi connectivity index (χ0) is 17.0. The average molecular weight is 358 g/mol. The summed E-state index contributed by atoms with van der Waals surface area (Å²) in [5.74, 6) is 1.93. The van der Waals surface area contributed by atoms with Crippen molar-refractivity contribution >= 4 is 27.6 Å². The van der Waals surface area contributed by atoms with Crippen molar-refractivity contribution in [3.63, 3.8) is 0 Å². The van der Waals surface area contributed by atoms with Gasteiger partial charge in [-0.2, -0.15) is 11.8 Å². The summed E-state index contributed by atoms with van der Waals surface area (Å²) >= 11 is 1.97. The Morgan fingerprint density at radius 3 is 2.61 bits per heavy atom. The summed E-state index contributed by atoms with van der Waals surface area (Å²) in [6.45, 7) is 9.32. The van der Waals surface area contributed by atoms with E-state index in [1.165, 1.54) is 6.20 Å². The standard InChI is InChI=1S/C16H27N3O2S2/c1-5-14(6-2)18-23(20,21)15-7-8-16(17-11-15)19-9-10-22-13(4)12(19)3/h7-8,11-14,18H,5-6,9-10H2,1-4H3. The van der Waals surface area contributed by atoms with Crippen molar-refractivity contribution in [1.29, 1.82) is 0 Å². The molecule has 0 radical (unpaired) electrons. The van der Waals surface area contributed by atoms with Gasteiger partial charge in [-0.3, -0.25) is 0 Å². The second-order valence-electron chi connectivity index (χ2n) is 6.00. The van der Waals surface area contributed by atoms with E-state index in [1.54, 1.807) is 6.07 Å². The molecule has 2 unspecified atom stereocenters. The Morgan fingerprint density at radius 2 is 2.04 bits per heavy atom. The number of hydrogen-bond acceptors (Lipinski definition) is 5. The second kappa shape index (κ2) is 7.85. The van der Waals surface area contributed by atoms with Crippen LogP contribution in [0.15, 0.2) is 23.2 Å². The van der Waals surface area contributed by atoms with Crippen LogP contribution in [0.25, 0.3) is 0 Å². The lowest BCUT2D eigenvalue weighted by molar-refractivity contribution is 0.530. The average Bonchev–Trinajstić information content (AvgIpc) is 2.55. The Hall–Kier alpha value is -0.790. The topological polar surface area (TPSA) is 62.3 Å². The van der Waals surface area contributed by atoms with Crippen molar-refractivity contribution in [3.05, 3.63) is 18.3 Å². The van der Waals surface area contributed by atoms with Gasteiger partial charge in [-0.15, -0.1) is 0 Å². The molecule has 0 spiro atoms. The van der Waals surface area contributed by atoms with Gasteiger partial charge in [0.25, 0.3) is 0 Å². The van der Waals surface area contributed by atoms with Gasteiger partial charge in [-0.25, -0.2) is 18.1 Å². The largest absolute Gasteiger partial charge is 0.352 e. The zero-order valence-corrected chi connectivity index (χ0v) is 16.0. The lowest BCUT2D eigenvalue weighted by Crippen LogP contribution is -2.45. The van der Waals surface area contributed by atoms with Crippen molar-refractivity contribution in [2.45, 2.75) is 62.8 Å². The van der Waals surface area contributed by atoms with Gasteiger partial charge in [0, 0.05) is 35.8 Å². The van der Waals surface area contributed by atoms with Crippen LogP contribution < -0.4 is 9.62 Å². The molecule has 2 rings (SSSR count). The highest BCUT2D eigenvalue weighted by Gasteiger charge is 2.26. The fourth-order valence-corrected chi connectivity index (χ4v) is 5.15. The first-order valence-corrected chi connectivity index (χ1v) is 10.8. The smallest absolute Gasteiger partial charge is 0.242 e. The summed E-state index contributed by atoms with van der Waals surface area (Å²) in [4.78, 5) is 6.90. The molecule has 0 aromatic carbocycles. The van der Waals surface area contributed by atoms with Crippen LogP contribution in [0.4, 0.5) is 5.82 Å². The third-order valence-corrected chi connectivity index (χ3v) is 7.36. The summed E-state index contributed by atoms with van der Waals surface area (Å²) in [7, 11) is -3.49. The molecular formula is C16H27N3O2S2. The maximum absolute atomic E-state index is 12.4. The Balaban J connectivity index is 2.15. The highest BCUT2D eigenvalue weighted by molar-refractivity contribution is 8.00. The van der Waals surface area contributed by atoms with Crippen molar-refractivity contribution < 1.29 is 8.42 Å². The molecule has 0 bridgehead atoms. The molecule has 1 aromatic heterocycles. The van der Waals surface area contributed by atoms with Gasteiger partial charge in [-0.05, 0) is 31.9 Å². The number of thioether (sulfide) groups is 1. The lowest BCUT2D eigenvalue weighted by atomic mass is 10.2. The number of nitrogens with one attached hydrogen (secondary N) is 1. The summed E-state index contributed by atoms with van der Waals surface area (Å²) in [6, 6.07) is 3.85. The van der Waals surface area contributed by atoms with Crippen molar-refractivity contribution in [2.24, 2.45) is 0 Å². The Morgan fingerprint density at radius 1 is 1.35 bits per heavy atom. The van der Waals surface area contributed by atoms with Gasteiger partial charge in [-0.1, -0.05) is 20.8 Å². The number of nitrogens with zero attached hydrogens (tertiary/aromatic N) is 2. The molecule has 1 aliphatic heterocycles. The molecule has 130 valence electrons. The molecule has 5 nitrogen and oxygen atoms in total. The van der Waals surface area contributed by atoms with Gasteiger partial charge in [0.15, 0.2) is 0 Å². The fourth-order valence-electron chi connectivity index (χ4n) is 2.70. The lowest BCUT2D eigenvalue weighted by Gasteiger charge is -2.38. The zero-order valence-electron chi connectivity index (χ0n) is 14.3. The van der Waals surface area contributed by atoms with Crippen LogP contribution in [0, 0.1) is 0 Å². The number of pyridine rings is 1. The SMILES string of the molecule is CCC(CC)NS(=O)(=O)c1ccc(N2CCSC(C)C2C)nc1. The summed E-state index contributed by atoms with van der Waals surface area (Å²) in [6.07, 6.45) is 3.03. The summed E-state index contributed by atoms with van der Waals surface area (Å²) in [5, 5.41) is 0.547. The van der Waals surface area contributed by atoms with E-state index in [-0.39, 0.29) is 10.9 Å².